The van der Waals surface area contributed by atoms with Gasteiger partial charge in [-0.2, -0.15) is 0 Å². The van der Waals surface area contributed by atoms with E-state index in [-0.39, 0.29) is 0 Å². The summed E-state index contributed by atoms with van der Waals surface area (Å²) in [7, 11) is 0. The van der Waals surface area contributed by atoms with Crippen LogP contribution >= 0.6 is 11.8 Å². The van der Waals surface area contributed by atoms with Crippen molar-refractivity contribution in [2.75, 3.05) is 6.54 Å². The van der Waals surface area contributed by atoms with Gasteiger partial charge in [0.05, 0.1) is 5.25 Å². The van der Waals surface area contributed by atoms with Crippen molar-refractivity contribution in [3.8, 4) is 0 Å². The average Bonchev–Trinajstić information content (AvgIpc) is 2.28. The number of carboxylic acid groups (broad SMARTS) is 1. The number of nitrogens with zero attached hydrogens (tertiary/aromatic N) is 1. The summed E-state index contributed by atoms with van der Waals surface area (Å²) in [6, 6.07) is 5.28. The van der Waals surface area contributed by atoms with Crippen LogP contribution in [0.25, 0.3) is 0 Å². The van der Waals surface area contributed by atoms with E-state index in [1.807, 2.05) is 0 Å². The van der Waals surface area contributed by atoms with Crippen molar-refractivity contribution in [1.82, 2.24) is 0 Å². The van der Waals surface area contributed by atoms with Crippen LogP contribution in [-0.2, 0) is 4.79 Å². The summed E-state index contributed by atoms with van der Waals surface area (Å²) in [6.45, 7) is 1.07. The molecular weight excluding hydrogens is 261 g/mol. The fourth-order valence-electron chi connectivity index (χ4n) is 1.34. The third-order valence-corrected chi connectivity index (χ3v) is 3.63. The minimum atomic E-state index is -1.03. The lowest BCUT2D eigenvalue weighted by molar-refractivity contribution is -0.479. The lowest BCUT2D eigenvalue weighted by atomic mass is 10.1. The molecule has 5 nitrogen and oxygen atoms in total. The van der Waals surface area contributed by atoms with Gasteiger partial charge < -0.3 is 5.11 Å². The predicted octanol–water partition coefficient (Wildman–Crippen LogP) is 2.35. The van der Waals surface area contributed by atoms with E-state index >= 15 is 0 Å². The molecular formula is C11H12FNO4S. The third-order valence-electron chi connectivity index (χ3n) is 2.27. The van der Waals surface area contributed by atoms with Crippen molar-refractivity contribution < 1.29 is 19.2 Å². The maximum absolute atomic E-state index is 12.8. The highest BCUT2D eigenvalue weighted by molar-refractivity contribution is 8.00. The summed E-state index contributed by atoms with van der Waals surface area (Å²) in [4.78, 5) is 20.8. The van der Waals surface area contributed by atoms with E-state index in [0.29, 0.717) is 5.56 Å². The summed E-state index contributed by atoms with van der Waals surface area (Å²) < 4.78 is 12.8. The van der Waals surface area contributed by atoms with Gasteiger partial charge in [0.2, 0.25) is 6.54 Å². The second-order valence-electron chi connectivity index (χ2n) is 3.67. The van der Waals surface area contributed by atoms with Crippen LogP contribution in [0.5, 0.6) is 0 Å². The molecule has 7 heteroatoms. The van der Waals surface area contributed by atoms with Gasteiger partial charge in [-0.15, -0.1) is 11.8 Å². The highest BCUT2D eigenvalue weighted by atomic mass is 32.2. The van der Waals surface area contributed by atoms with Gasteiger partial charge in [-0.25, -0.2) is 4.39 Å². The van der Waals surface area contributed by atoms with Crippen LogP contribution in [0, 0.1) is 15.9 Å². The Kier molecular flexibility index (Phi) is 5.08. The number of aliphatic carboxylic acids is 1. The van der Waals surface area contributed by atoms with Crippen LogP contribution in [0.4, 0.5) is 4.39 Å². The van der Waals surface area contributed by atoms with Crippen LogP contribution in [0.3, 0.4) is 0 Å². The molecule has 0 spiro atoms. The molecule has 0 saturated carbocycles. The molecule has 98 valence electrons. The Bertz CT molecular complexity index is 437. The molecule has 0 bridgehead atoms. The van der Waals surface area contributed by atoms with Crippen molar-refractivity contribution >= 4 is 17.7 Å². The van der Waals surface area contributed by atoms with Crippen LogP contribution < -0.4 is 0 Å². The lowest BCUT2D eigenvalue weighted by Gasteiger charge is -2.15. The Hall–Kier alpha value is -1.63. The Balaban J connectivity index is 2.87. The van der Waals surface area contributed by atoms with E-state index in [1.165, 1.54) is 31.2 Å². The number of hydrogen-bond acceptors (Lipinski definition) is 4. The van der Waals surface area contributed by atoms with E-state index in [0.717, 1.165) is 11.8 Å². The molecule has 2 atom stereocenters. The van der Waals surface area contributed by atoms with Gasteiger partial charge in [0, 0.05) is 4.92 Å². The second kappa shape index (κ2) is 6.34. The number of nitro groups is 1. The van der Waals surface area contributed by atoms with Gasteiger partial charge in [-0.3, -0.25) is 14.9 Å². The fraction of sp³-hybridized carbons (Fsp3) is 0.364. The molecule has 0 aliphatic heterocycles. The molecule has 0 heterocycles. The van der Waals surface area contributed by atoms with Crippen LogP contribution in [0.15, 0.2) is 24.3 Å². The van der Waals surface area contributed by atoms with Crippen LogP contribution in [0.1, 0.15) is 17.7 Å². The van der Waals surface area contributed by atoms with E-state index in [9.17, 15) is 19.3 Å². The van der Waals surface area contributed by atoms with Crippen molar-refractivity contribution in [2.45, 2.75) is 17.4 Å². The monoisotopic (exact) mass is 273 g/mol. The standard InChI is InChI=1S/C11H12FNO4S/c1-7(11(14)15)18-10(6-13(16)17)8-2-4-9(12)5-3-8/h2-5,7,10H,6H2,1H3,(H,14,15). The highest BCUT2D eigenvalue weighted by Gasteiger charge is 2.24. The first kappa shape index (κ1) is 14.4. The Labute approximate surface area is 107 Å². The minimum Gasteiger partial charge on any atom is -0.480 e. The molecule has 0 aliphatic rings. The largest absolute Gasteiger partial charge is 0.480 e. The molecule has 18 heavy (non-hydrogen) atoms. The minimum absolute atomic E-state index is 0.395. The average molecular weight is 273 g/mol. The fourth-order valence-corrected chi connectivity index (χ4v) is 2.48. The van der Waals surface area contributed by atoms with Crippen molar-refractivity contribution in [2.24, 2.45) is 0 Å². The van der Waals surface area contributed by atoms with Crippen LogP contribution in [0.2, 0.25) is 0 Å². The van der Waals surface area contributed by atoms with Gasteiger partial charge in [0.15, 0.2) is 0 Å². The molecule has 0 fully saturated rings. The molecule has 1 aromatic carbocycles. The van der Waals surface area contributed by atoms with E-state index in [1.54, 1.807) is 0 Å². The summed E-state index contributed by atoms with van der Waals surface area (Å²) in [5.74, 6) is -1.47. The SMILES string of the molecule is CC(SC(C[N+](=O)[O-])c1ccc(F)cc1)C(=O)O. The zero-order chi connectivity index (χ0) is 13.7. The molecule has 0 radical (unpaired) electrons. The smallest absolute Gasteiger partial charge is 0.316 e. The van der Waals surface area contributed by atoms with Crippen molar-refractivity contribution in [3.63, 3.8) is 0 Å². The number of halogens is 1. The number of thioether (sulfide) groups is 1. The maximum atomic E-state index is 12.8. The summed E-state index contributed by atoms with van der Waals surface area (Å²) in [5, 5.41) is 18.0. The van der Waals surface area contributed by atoms with E-state index in [4.69, 9.17) is 5.11 Å². The number of hydrogen-bond donors (Lipinski definition) is 1. The summed E-state index contributed by atoms with van der Waals surface area (Å²) in [5.41, 5.74) is 0.547. The molecule has 0 aromatic heterocycles. The Morgan fingerprint density at radius 1 is 1.50 bits per heavy atom. The zero-order valence-corrected chi connectivity index (χ0v) is 10.4. The van der Waals surface area contributed by atoms with Gasteiger partial charge in [-0.1, -0.05) is 12.1 Å². The number of rotatable bonds is 6. The number of carboxylic acids is 1. The predicted molar refractivity (Wildman–Crippen MR) is 65.7 cm³/mol. The Morgan fingerprint density at radius 2 is 2.06 bits per heavy atom. The Morgan fingerprint density at radius 3 is 2.50 bits per heavy atom. The van der Waals surface area contributed by atoms with Crippen LogP contribution in [-0.4, -0.2) is 27.8 Å². The first-order valence-electron chi connectivity index (χ1n) is 5.15. The molecule has 0 saturated heterocycles. The lowest BCUT2D eigenvalue weighted by Crippen LogP contribution is -2.18. The first-order valence-corrected chi connectivity index (χ1v) is 6.10. The zero-order valence-electron chi connectivity index (χ0n) is 9.58. The number of carbonyl (C=O) groups is 1. The normalized spacial score (nSPS) is 13.9. The van der Waals surface area contributed by atoms with E-state index < -0.39 is 33.8 Å². The molecule has 1 rings (SSSR count). The van der Waals surface area contributed by atoms with Crippen molar-refractivity contribution in [3.05, 3.63) is 45.8 Å². The van der Waals surface area contributed by atoms with Gasteiger partial charge in [0.1, 0.15) is 11.1 Å². The second-order valence-corrected chi connectivity index (χ2v) is 5.22. The van der Waals surface area contributed by atoms with Gasteiger partial charge in [0.25, 0.3) is 0 Å². The molecule has 0 aliphatic carbocycles. The maximum Gasteiger partial charge on any atom is 0.316 e. The summed E-state index contributed by atoms with van der Waals surface area (Å²) >= 11 is 0.976. The number of benzene rings is 1. The molecule has 1 N–H and O–H groups in total. The quantitative estimate of drug-likeness (QED) is 0.635. The summed E-state index contributed by atoms with van der Waals surface area (Å²) in [6.07, 6.45) is 0. The topological polar surface area (TPSA) is 80.4 Å². The highest BCUT2D eigenvalue weighted by Crippen LogP contribution is 2.32. The molecule has 1 aromatic rings. The van der Waals surface area contributed by atoms with E-state index in [2.05, 4.69) is 0 Å². The first-order chi connectivity index (χ1) is 8.40. The van der Waals surface area contributed by atoms with Crippen molar-refractivity contribution in [1.29, 1.82) is 0 Å². The van der Waals surface area contributed by atoms with Gasteiger partial charge >= 0.3 is 5.97 Å². The van der Waals surface area contributed by atoms with Gasteiger partial charge in [-0.05, 0) is 24.6 Å². The molecule has 2 unspecified atom stereocenters. The molecule has 0 amide bonds. The third kappa shape index (κ3) is 4.33.